The zero-order chi connectivity index (χ0) is 20.3. The molecule has 0 bridgehead atoms. The highest BCUT2D eigenvalue weighted by Crippen LogP contribution is 2.30. The average molecular weight is 452 g/mol. The van der Waals surface area contributed by atoms with E-state index in [9.17, 15) is 4.79 Å². The van der Waals surface area contributed by atoms with Gasteiger partial charge in [-0.1, -0.05) is 22.0 Å². The van der Waals surface area contributed by atoms with E-state index in [1.54, 1.807) is 0 Å². The molecular formula is C22H34BrN3O2. The highest BCUT2D eigenvalue weighted by atomic mass is 79.9. The Labute approximate surface area is 178 Å². The maximum Gasteiger partial charge on any atom is 0.410 e. The van der Waals surface area contributed by atoms with E-state index in [1.807, 2.05) is 25.7 Å². The van der Waals surface area contributed by atoms with Gasteiger partial charge in [0.1, 0.15) is 5.60 Å². The normalized spacial score (nSPS) is 21.7. The molecule has 156 valence electrons. The molecule has 0 N–H and O–H groups in total. The second-order valence-corrected chi connectivity index (χ2v) is 9.98. The Morgan fingerprint density at radius 1 is 1.14 bits per heavy atom. The third kappa shape index (κ3) is 5.63. The minimum absolute atomic E-state index is 0.198. The summed E-state index contributed by atoms with van der Waals surface area (Å²) in [5, 5.41) is 0. The van der Waals surface area contributed by atoms with E-state index in [-0.39, 0.29) is 6.09 Å². The summed E-state index contributed by atoms with van der Waals surface area (Å²) in [5.41, 5.74) is 2.29. The first-order chi connectivity index (χ1) is 13.2. The van der Waals surface area contributed by atoms with Gasteiger partial charge in [-0.3, -0.25) is 4.90 Å². The Hall–Kier alpha value is -1.27. The van der Waals surface area contributed by atoms with Crippen LogP contribution in [0.2, 0.25) is 0 Å². The van der Waals surface area contributed by atoms with Gasteiger partial charge in [-0.2, -0.15) is 0 Å². The first-order valence-electron chi connectivity index (χ1n) is 10.5. The molecule has 1 atom stereocenters. The molecule has 2 saturated heterocycles. The predicted octanol–water partition coefficient (Wildman–Crippen LogP) is 4.88. The summed E-state index contributed by atoms with van der Waals surface area (Å²) in [4.78, 5) is 19.3. The largest absolute Gasteiger partial charge is 0.444 e. The van der Waals surface area contributed by atoms with Crippen molar-refractivity contribution in [3.8, 4) is 0 Å². The highest BCUT2D eigenvalue weighted by molar-refractivity contribution is 9.10. The van der Waals surface area contributed by atoms with Gasteiger partial charge in [-0.15, -0.1) is 0 Å². The van der Waals surface area contributed by atoms with Crippen LogP contribution in [0.3, 0.4) is 0 Å². The molecule has 5 nitrogen and oxygen atoms in total. The fourth-order valence-electron chi connectivity index (χ4n) is 4.04. The number of halogens is 1. The maximum absolute atomic E-state index is 12.4. The SMILES string of the molecule is C[C@H]1CN(C(=O)OC(C)(C)C)CCN1Cc1ccc(Br)cc1N1CCCCC1. The van der Waals surface area contributed by atoms with Crippen LogP contribution in [0.1, 0.15) is 52.5 Å². The number of rotatable bonds is 3. The smallest absolute Gasteiger partial charge is 0.410 e. The lowest BCUT2D eigenvalue weighted by atomic mass is 10.1. The summed E-state index contributed by atoms with van der Waals surface area (Å²) in [5.74, 6) is 0. The van der Waals surface area contributed by atoms with Crippen LogP contribution in [0, 0.1) is 0 Å². The molecule has 6 heteroatoms. The van der Waals surface area contributed by atoms with E-state index < -0.39 is 5.60 Å². The number of benzene rings is 1. The van der Waals surface area contributed by atoms with Crippen LogP contribution in [0.25, 0.3) is 0 Å². The lowest BCUT2D eigenvalue weighted by Crippen LogP contribution is -2.54. The summed E-state index contributed by atoms with van der Waals surface area (Å²) in [6.07, 6.45) is 3.69. The summed E-state index contributed by atoms with van der Waals surface area (Å²) >= 11 is 3.65. The van der Waals surface area contributed by atoms with E-state index in [1.165, 1.54) is 30.5 Å². The first-order valence-corrected chi connectivity index (χ1v) is 11.3. The van der Waals surface area contributed by atoms with Crippen molar-refractivity contribution >= 4 is 27.7 Å². The van der Waals surface area contributed by atoms with E-state index in [2.05, 4.69) is 50.9 Å². The molecule has 0 saturated carbocycles. The van der Waals surface area contributed by atoms with Crippen LogP contribution in [0.15, 0.2) is 22.7 Å². The number of nitrogens with zero attached hydrogens (tertiary/aromatic N) is 3. The average Bonchev–Trinajstić information content (AvgIpc) is 2.64. The summed E-state index contributed by atoms with van der Waals surface area (Å²) < 4.78 is 6.69. The number of piperazine rings is 1. The van der Waals surface area contributed by atoms with Crippen LogP contribution < -0.4 is 4.90 Å². The van der Waals surface area contributed by atoms with Gasteiger partial charge in [0, 0.05) is 55.5 Å². The van der Waals surface area contributed by atoms with Crippen molar-refractivity contribution in [2.24, 2.45) is 0 Å². The van der Waals surface area contributed by atoms with Crippen molar-refractivity contribution in [1.29, 1.82) is 0 Å². The third-order valence-electron chi connectivity index (χ3n) is 5.53. The number of anilines is 1. The molecule has 2 heterocycles. The van der Waals surface area contributed by atoms with E-state index >= 15 is 0 Å². The molecule has 2 fully saturated rings. The monoisotopic (exact) mass is 451 g/mol. The summed E-state index contributed by atoms with van der Waals surface area (Å²) in [7, 11) is 0. The van der Waals surface area contributed by atoms with Crippen molar-refractivity contribution < 1.29 is 9.53 Å². The molecule has 0 unspecified atom stereocenters. The van der Waals surface area contributed by atoms with E-state index in [0.29, 0.717) is 12.6 Å². The minimum atomic E-state index is -0.446. The number of hydrogen-bond donors (Lipinski definition) is 0. The van der Waals surface area contributed by atoms with Gasteiger partial charge in [-0.05, 0) is 64.7 Å². The Balaban J connectivity index is 1.66. The second-order valence-electron chi connectivity index (χ2n) is 9.07. The minimum Gasteiger partial charge on any atom is -0.444 e. The lowest BCUT2D eigenvalue weighted by Gasteiger charge is -2.41. The fourth-order valence-corrected chi connectivity index (χ4v) is 4.39. The molecule has 2 aliphatic heterocycles. The molecule has 2 aliphatic rings. The molecular weight excluding hydrogens is 418 g/mol. The third-order valence-corrected chi connectivity index (χ3v) is 6.03. The highest BCUT2D eigenvalue weighted by Gasteiger charge is 2.30. The fraction of sp³-hybridized carbons (Fsp3) is 0.682. The zero-order valence-corrected chi connectivity index (χ0v) is 19.3. The number of ether oxygens (including phenoxy) is 1. The van der Waals surface area contributed by atoms with Gasteiger partial charge in [0.15, 0.2) is 0 Å². The van der Waals surface area contributed by atoms with Gasteiger partial charge >= 0.3 is 6.09 Å². The maximum atomic E-state index is 12.4. The number of amides is 1. The predicted molar refractivity (Wildman–Crippen MR) is 118 cm³/mol. The van der Waals surface area contributed by atoms with Crippen LogP contribution in [0.4, 0.5) is 10.5 Å². The summed E-state index contributed by atoms with van der Waals surface area (Å²) in [6.45, 7) is 13.5. The Morgan fingerprint density at radius 3 is 2.50 bits per heavy atom. The van der Waals surface area contributed by atoms with Gasteiger partial charge < -0.3 is 14.5 Å². The molecule has 1 amide bonds. The first kappa shape index (κ1) is 21.4. The van der Waals surface area contributed by atoms with Crippen LogP contribution >= 0.6 is 15.9 Å². The van der Waals surface area contributed by atoms with Crippen LogP contribution in [-0.4, -0.2) is 60.3 Å². The molecule has 0 aromatic heterocycles. The van der Waals surface area contributed by atoms with Crippen molar-refractivity contribution in [3.05, 3.63) is 28.2 Å². The van der Waals surface area contributed by atoms with Crippen LogP contribution in [-0.2, 0) is 11.3 Å². The molecule has 3 rings (SSSR count). The van der Waals surface area contributed by atoms with Gasteiger partial charge in [0.2, 0.25) is 0 Å². The Kier molecular flexibility index (Phi) is 6.92. The molecule has 0 radical (unpaired) electrons. The van der Waals surface area contributed by atoms with E-state index in [4.69, 9.17) is 4.74 Å². The van der Waals surface area contributed by atoms with Crippen molar-refractivity contribution in [2.75, 3.05) is 37.6 Å². The second kappa shape index (κ2) is 9.04. The topological polar surface area (TPSA) is 36.0 Å². The molecule has 0 aliphatic carbocycles. The van der Waals surface area contributed by atoms with Crippen LogP contribution in [0.5, 0.6) is 0 Å². The van der Waals surface area contributed by atoms with E-state index in [0.717, 1.165) is 37.2 Å². The van der Waals surface area contributed by atoms with Gasteiger partial charge in [0.05, 0.1) is 0 Å². The molecule has 1 aromatic rings. The van der Waals surface area contributed by atoms with Crippen molar-refractivity contribution in [2.45, 2.75) is 65.1 Å². The van der Waals surface area contributed by atoms with Gasteiger partial charge in [-0.25, -0.2) is 4.79 Å². The Morgan fingerprint density at radius 2 is 1.86 bits per heavy atom. The molecule has 1 aromatic carbocycles. The summed E-state index contributed by atoms with van der Waals surface area (Å²) in [6, 6.07) is 6.97. The quantitative estimate of drug-likeness (QED) is 0.655. The lowest BCUT2D eigenvalue weighted by molar-refractivity contribution is 0.00462. The molecule has 28 heavy (non-hydrogen) atoms. The standard InChI is InChI=1S/C22H34BrN3O2/c1-17-15-26(21(27)28-22(2,3)4)13-12-25(17)16-18-8-9-19(23)14-20(18)24-10-6-5-7-11-24/h8-9,14,17H,5-7,10-13,15-16H2,1-4H3/t17-/m0/s1. The van der Waals surface area contributed by atoms with Gasteiger partial charge in [0.25, 0.3) is 0 Å². The Bertz CT molecular complexity index is 683. The molecule has 0 spiro atoms. The number of hydrogen-bond acceptors (Lipinski definition) is 4. The number of carbonyl (C=O) groups excluding carboxylic acids is 1. The zero-order valence-electron chi connectivity index (χ0n) is 17.7. The number of piperidine rings is 1. The van der Waals surface area contributed by atoms with Crippen molar-refractivity contribution in [1.82, 2.24) is 9.80 Å². The van der Waals surface area contributed by atoms with Crippen molar-refractivity contribution in [3.63, 3.8) is 0 Å². The number of carbonyl (C=O) groups is 1.